The van der Waals surface area contributed by atoms with Gasteiger partial charge in [-0.15, -0.1) is 11.8 Å². The van der Waals surface area contributed by atoms with Gasteiger partial charge >= 0.3 is 5.97 Å². The van der Waals surface area contributed by atoms with E-state index in [0.29, 0.717) is 27.9 Å². The third kappa shape index (κ3) is 6.03. The van der Waals surface area contributed by atoms with Gasteiger partial charge in [0.15, 0.2) is 6.10 Å². The second-order valence-electron chi connectivity index (χ2n) is 5.17. The van der Waals surface area contributed by atoms with Gasteiger partial charge in [-0.25, -0.2) is 4.79 Å². The molecular weight excluding hydrogens is 380 g/mol. The van der Waals surface area contributed by atoms with Gasteiger partial charge in [0.2, 0.25) is 0 Å². The predicted octanol–water partition coefficient (Wildman–Crippen LogP) is 4.91. The maximum atomic E-state index is 12.3. The number of anilines is 1. The van der Waals surface area contributed by atoms with E-state index in [2.05, 4.69) is 5.32 Å². The molecule has 0 unspecified atom stereocenters. The van der Waals surface area contributed by atoms with Crippen LogP contribution >= 0.6 is 23.5 Å². The van der Waals surface area contributed by atoms with Gasteiger partial charge in [-0.1, -0.05) is 11.8 Å². The fourth-order valence-electron chi connectivity index (χ4n) is 1.97. The van der Waals surface area contributed by atoms with Gasteiger partial charge in [-0.05, 0) is 61.7 Å². The summed E-state index contributed by atoms with van der Waals surface area (Å²) in [6.45, 7) is 1.46. The van der Waals surface area contributed by atoms with E-state index in [9.17, 15) is 18.4 Å². The van der Waals surface area contributed by atoms with Gasteiger partial charge in [0.1, 0.15) is 0 Å². The third-order valence-electron chi connectivity index (χ3n) is 3.33. The Labute approximate surface area is 158 Å². The Morgan fingerprint density at radius 3 is 2.12 bits per heavy atom. The summed E-state index contributed by atoms with van der Waals surface area (Å²) in [6.07, 6.45) is 0.927. The summed E-state index contributed by atoms with van der Waals surface area (Å²) in [5, 5.41) is 2.58. The molecule has 2 rings (SSSR count). The van der Waals surface area contributed by atoms with E-state index in [1.165, 1.54) is 31.2 Å². The lowest BCUT2D eigenvalue weighted by molar-refractivity contribution is -0.123. The van der Waals surface area contributed by atoms with Gasteiger partial charge in [0.05, 0.1) is 5.56 Å². The molecule has 2 aromatic rings. The van der Waals surface area contributed by atoms with Crippen molar-refractivity contribution in [2.45, 2.75) is 28.6 Å². The molecule has 8 heteroatoms. The molecule has 0 bridgehead atoms. The lowest BCUT2D eigenvalue weighted by Crippen LogP contribution is -2.30. The fourth-order valence-corrected chi connectivity index (χ4v) is 2.88. The number of thioether (sulfide) groups is 2. The van der Waals surface area contributed by atoms with E-state index in [1.54, 1.807) is 36.0 Å². The van der Waals surface area contributed by atoms with Crippen molar-refractivity contribution in [2.24, 2.45) is 0 Å². The van der Waals surface area contributed by atoms with E-state index in [-0.39, 0.29) is 0 Å². The standard InChI is InChI=1S/C18H17F2NO3S2/c1-11(24-17(23)12-3-7-14(25-2)8-4-12)16(22)21-13-5-9-15(10-6-13)26-18(19)20/h3-11,18H,1-2H3,(H,21,22)/t11-/m1/s1. The van der Waals surface area contributed by atoms with E-state index < -0.39 is 23.7 Å². The highest BCUT2D eigenvalue weighted by Gasteiger charge is 2.19. The molecule has 26 heavy (non-hydrogen) atoms. The quantitative estimate of drug-likeness (QED) is 0.532. The third-order valence-corrected chi connectivity index (χ3v) is 4.79. The summed E-state index contributed by atoms with van der Waals surface area (Å²) in [5.41, 5.74) is 0.789. The molecule has 0 spiro atoms. The molecule has 0 fully saturated rings. The zero-order chi connectivity index (χ0) is 19.1. The molecule has 0 saturated heterocycles. The van der Waals surface area contributed by atoms with Crippen LogP contribution in [0, 0.1) is 0 Å². The van der Waals surface area contributed by atoms with Gasteiger partial charge < -0.3 is 10.1 Å². The molecule has 1 N–H and O–H groups in total. The molecule has 0 aliphatic rings. The molecule has 1 atom stereocenters. The highest BCUT2D eigenvalue weighted by molar-refractivity contribution is 7.99. The van der Waals surface area contributed by atoms with Crippen molar-refractivity contribution < 1.29 is 23.1 Å². The maximum absolute atomic E-state index is 12.3. The zero-order valence-corrected chi connectivity index (χ0v) is 15.7. The van der Waals surface area contributed by atoms with Crippen LogP contribution in [-0.2, 0) is 9.53 Å². The first-order valence-electron chi connectivity index (χ1n) is 7.60. The van der Waals surface area contributed by atoms with Crippen LogP contribution in [0.2, 0.25) is 0 Å². The first-order valence-corrected chi connectivity index (χ1v) is 9.70. The van der Waals surface area contributed by atoms with E-state index in [0.717, 1.165) is 4.90 Å². The van der Waals surface area contributed by atoms with Crippen LogP contribution in [0.4, 0.5) is 14.5 Å². The minimum atomic E-state index is -2.50. The number of nitrogens with one attached hydrogen (secondary N) is 1. The van der Waals surface area contributed by atoms with Crippen LogP contribution in [-0.4, -0.2) is 30.0 Å². The summed E-state index contributed by atoms with van der Waals surface area (Å²) in [4.78, 5) is 25.6. The average molecular weight is 397 g/mol. The Morgan fingerprint density at radius 2 is 1.58 bits per heavy atom. The minimum Gasteiger partial charge on any atom is -0.449 e. The molecule has 0 aliphatic carbocycles. The van der Waals surface area contributed by atoms with Crippen LogP contribution < -0.4 is 5.32 Å². The molecule has 0 aliphatic heterocycles. The Bertz CT molecular complexity index is 752. The summed E-state index contributed by atoms with van der Waals surface area (Å²) >= 11 is 1.98. The fraction of sp³-hybridized carbons (Fsp3) is 0.222. The van der Waals surface area contributed by atoms with Crippen molar-refractivity contribution >= 4 is 41.1 Å². The molecule has 0 saturated carbocycles. The van der Waals surface area contributed by atoms with Crippen LogP contribution in [0.25, 0.3) is 0 Å². The molecule has 0 heterocycles. The number of rotatable bonds is 7. The summed E-state index contributed by atoms with van der Waals surface area (Å²) in [6, 6.07) is 12.9. The molecule has 1 amide bonds. The normalized spacial score (nSPS) is 11.9. The van der Waals surface area contributed by atoms with Crippen molar-refractivity contribution in [1.82, 2.24) is 0 Å². The number of ether oxygens (including phenoxy) is 1. The van der Waals surface area contributed by atoms with E-state index >= 15 is 0 Å². The smallest absolute Gasteiger partial charge is 0.338 e. The summed E-state index contributed by atoms with van der Waals surface area (Å²) < 4.78 is 29.7. The largest absolute Gasteiger partial charge is 0.449 e. The Balaban J connectivity index is 1.90. The average Bonchev–Trinajstić information content (AvgIpc) is 2.62. The monoisotopic (exact) mass is 397 g/mol. The van der Waals surface area contributed by atoms with Crippen molar-refractivity contribution in [3.8, 4) is 0 Å². The molecule has 0 aromatic heterocycles. The highest BCUT2D eigenvalue weighted by atomic mass is 32.2. The first-order chi connectivity index (χ1) is 12.4. The number of benzene rings is 2. The first kappa shape index (κ1) is 20.3. The van der Waals surface area contributed by atoms with Crippen molar-refractivity contribution in [1.29, 1.82) is 0 Å². The van der Waals surface area contributed by atoms with Crippen molar-refractivity contribution in [3.05, 3.63) is 54.1 Å². The molecule has 0 radical (unpaired) electrons. The number of alkyl halides is 2. The molecule has 2 aromatic carbocycles. The predicted molar refractivity (Wildman–Crippen MR) is 100 cm³/mol. The van der Waals surface area contributed by atoms with Crippen molar-refractivity contribution in [3.63, 3.8) is 0 Å². The maximum Gasteiger partial charge on any atom is 0.338 e. The number of hydrogen-bond donors (Lipinski definition) is 1. The highest BCUT2D eigenvalue weighted by Crippen LogP contribution is 2.26. The van der Waals surface area contributed by atoms with Crippen LogP contribution in [0.3, 0.4) is 0 Å². The topological polar surface area (TPSA) is 55.4 Å². The number of hydrogen-bond acceptors (Lipinski definition) is 5. The molecule has 4 nitrogen and oxygen atoms in total. The van der Waals surface area contributed by atoms with Crippen LogP contribution in [0.1, 0.15) is 17.3 Å². The van der Waals surface area contributed by atoms with E-state index in [4.69, 9.17) is 4.74 Å². The number of carbonyl (C=O) groups excluding carboxylic acids is 2. The number of carbonyl (C=O) groups is 2. The lowest BCUT2D eigenvalue weighted by atomic mass is 10.2. The number of amides is 1. The van der Waals surface area contributed by atoms with Crippen LogP contribution in [0.15, 0.2) is 58.3 Å². The lowest BCUT2D eigenvalue weighted by Gasteiger charge is -2.14. The van der Waals surface area contributed by atoms with Gasteiger partial charge in [-0.3, -0.25) is 4.79 Å². The zero-order valence-electron chi connectivity index (χ0n) is 14.1. The Hall–Kier alpha value is -2.06. The van der Waals surface area contributed by atoms with Crippen molar-refractivity contribution in [2.75, 3.05) is 11.6 Å². The SMILES string of the molecule is CSc1ccc(C(=O)O[C@H](C)C(=O)Nc2ccc(SC(F)F)cc2)cc1. The molecular formula is C18H17F2NO3S2. The summed E-state index contributed by atoms with van der Waals surface area (Å²) in [7, 11) is 0. The Kier molecular flexibility index (Phi) is 7.47. The van der Waals surface area contributed by atoms with Gasteiger partial charge in [0, 0.05) is 15.5 Å². The molecule has 138 valence electrons. The minimum absolute atomic E-state index is 0.357. The summed E-state index contributed by atoms with van der Waals surface area (Å²) in [5.74, 6) is -3.60. The second kappa shape index (κ2) is 9.59. The van der Waals surface area contributed by atoms with Gasteiger partial charge in [0.25, 0.3) is 11.7 Å². The Morgan fingerprint density at radius 1 is 1.00 bits per heavy atom. The van der Waals surface area contributed by atoms with E-state index in [1.807, 2.05) is 6.26 Å². The van der Waals surface area contributed by atoms with Crippen LogP contribution in [0.5, 0.6) is 0 Å². The second-order valence-corrected chi connectivity index (χ2v) is 7.11. The number of halogens is 2. The van der Waals surface area contributed by atoms with Gasteiger partial charge in [-0.2, -0.15) is 8.78 Å². The number of esters is 1.